The van der Waals surface area contributed by atoms with Gasteiger partial charge in [-0.1, -0.05) is 23.2 Å². The van der Waals surface area contributed by atoms with Gasteiger partial charge >= 0.3 is 12.1 Å². The molecule has 43 heavy (non-hydrogen) atoms. The van der Waals surface area contributed by atoms with E-state index in [0.29, 0.717) is 64.8 Å². The zero-order valence-electron chi connectivity index (χ0n) is 24.9. The van der Waals surface area contributed by atoms with E-state index in [0.717, 1.165) is 30.7 Å². The lowest BCUT2D eigenvalue weighted by Crippen LogP contribution is -2.56. The molecule has 2 aliphatic rings. The Morgan fingerprint density at radius 1 is 1.00 bits per heavy atom. The Balaban J connectivity index is 1.27. The fourth-order valence-corrected chi connectivity index (χ4v) is 6.61. The molecular weight excluding hydrogens is 602 g/mol. The van der Waals surface area contributed by atoms with Crippen LogP contribution in [0.1, 0.15) is 66.4 Å². The smallest absolute Gasteiger partial charge is 0.416 e. The molecule has 3 aromatic rings. The van der Waals surface area contributed by atoms with Crippen molar-refractivity contribution in [3.05, 3.63) is 68.3 Å². The highest BCUT2D eigenvalue weighted by molar-refractivity contribution is 6.38. The second-order valence-corrected chi connectivity index (χ2v) is 13.5. The predicted molar refractivity (Wildman–Crippen MR) is 162 cm³/mol. The average Bonchev–Trinajstić information content (AvgIpc) is 3.20. The lowest BCUT2D eigenvalue weighted by Gasteiger charge is -2.46. The Morgan fingerprint density at radius 3 is 2.26 bits per heavy atom. The topological polar surface area (TPSA) is 54.8 Å². The summed E-state index contributed by atoms with van der Waals surface area (Å²) < 4.78 is 47.5. The molecule has 0 atom stereocenters. The Kier molecular flexibility index (Phi) is 8.57. The first-order valence-electron chi connectivity index (χ1n) is 14.4. The van der Waals surface area contributed by atoms with Gasteiger partial charge in [-0.25, -0.2) is 0 Å². The number of hydrogen-bond donors (Lipinski definition) is 0. The molecule has 0 radical (unpaired) electrons. The number of piperazine rings is 1. The summed E-state index contributed by atoms with van der Waals surface area (Å²) in [4.78, 5) is 30.0. The van der Waals surface area contributed by atoms with E-state index in [1.54, 1.807) is 35.6 Å². The maximum Gasteiger partial charge on any atom is 0.416 e. The molecule has 232 valence electrons. The first kappa shape index (κ1) is 31.7. The van der Waals surface area contributed by atoms with Gasteiger partial charge in [0.2, 0.25) is 0 Å². The van der Waals surface area contributed by atoms with Crippen LogP contribution >= 0.6 is 23.2 Å². The average molecular weight is 639 g/mol. The van der Waals surface area contributed by atoms with Crippen molar-refractivity contribution in [3.8, 4) is 0 Å². The second kappa shape index (κ2) is 11.6. The van der Waals surface area contributed by atoms with Crippen molar-refractivity contribution >= 4 is 46.0 Å². The highest BCUT2D eigenvalue weighted by Crippen LogP contribution is 2.37. The SMILES string of the molecule is Cc1cc(C(F)(F)F)cc2c1cc(Cc1c(Cl)ccc(C(=O)N3CCN(C4CC(C(=O)OC(C)(C)C)C4)CC3)c1Cl)n2C. The maximum atomic E-state index is 13.6. The van der Waals surface area contributed by atoms with Gasteiger partial charge in [-0.15, -0.1) is 0 Å². The number of aromatic nitrogens is 1. The zero-order valence-corrected chi connectivity index (χ0v) is 26.5. The van der Waals surface area contributed by atoms with E-state index in [1.807, 2.05) is 26.8 Å². The number of esters is 1. The molecule has 1 aliphatic carbocycles. The molecule has 1 saturated carbocycles. The van der Waals surface area contributed by atoms with Crippen molar-refractivity contribution in [2.75, 3.05) is 26.2 Å². The maximum absolute atomic E-state index is 13.6. The lowest BCUT2D eigenvalue weighted by molar-refractivity contribution is -0.165. The van der Waals surface area contributed by atoms with Crippen molar-refractivity contribution in [1.29, 1.82) is 0 Å². The van der Waals surface area contributed by atoms with Gasteiger partial charge in [0.05, 0.1) is 22.1 Å². The number of fused-ring (bicyclic) bond motifs is 1. The number of ether oxygens (including phenoxy) is 1. The minimum absolute atomic E-state index is 0.0763. The molecule has 0 bridgehead atoms. The summed E-state index contributed by atoms with van der Waals surface area (Å²) in [5, 5.41) is 1.35. The van der Waals surface area contributed by atoms with E-state index in [1.165, 1.54) is 0 Å². The molecular formula is C32H36Cl2F3N3O3. The number of nitrogens with zero attached hydrogens (tertiary/aromatic N) is 3. The van der Waals surface area contributed by atoms with Crippen molar-refractivity contribution in [2.24, 2.45) is 13.0 Å². The van der Waals surface area contributed by atoms with Crippen LogP contribution < -0.4 is 0 Å². The summed E-state index contributed by atoms with van der Waals surface area (Å²) >= 11 is 13.4. The molecule has 2 aromatic carbocycles. The third-order valence-corrected chi connectivity index (χ3v) is 9.33. The van der Waals surface area contributed by atoms with Gasteiger partial charge in [-0.3, -0.25) is 14.5 Å². The van der Waals surface area contributed by atoms with Gasteiger partial charge < -0.3 is 14.2 Å². The molecule has 2 heterocycles. The molecule has 1 saturated heterocycles. The molecule has 11 heteroatoms. The molecule has 6 nitrogen and oxygen atoms in total. The van der Waals surface area contributed by atoms with Gasteiger partial charge in [0.1, 0.15) is 5.60 Å². The highest BCUT2D eigenvalue weighted by Gasteiger charge is 2.41. The Hall–Kier alpha value is -2.75. The Labute approximate surface area is 259 Å². The van der Waals surface area contributed by atoms with Gasteiger partial charge in [-0.05, 0) is 82.0 Å². The van der Waals surface area contributed by atoms with E-state index >= 15 is 0 Å². The third-order valence-electron chi connectivity index (χ3n) is 8.54. The molecule has 1 aromatic heterocycles. The largest absolute Gasteiger partial charge is 0.460 e. The zero-order chi connectivity index (χ0) is 31.4. The summed E-state index contributed by atoms with van der Waals surface area (Å²) in [7, 11) is 1.71. The van der Waals surface area contributed by atoms with Crippen LogP contribution in [-0.2, 0) is 29.2 Å². The number of halogens is 5. The number of aryl methyl sites for hydroxylation is 2. The molecule has 5 rings (SSSR count). The van der Waals surface area contributed by atoms with Crippen LogP contribution in [0.2, 0.25) is 10.0 Å². The summed E-state index contributed by atoms with van der Waals surface area (Å²) in [6.07, 6.45) is -2.67. The van der Waals surface area contributed by atoms with E-state index in [-0.39, 0.29) is 29.2 Å². The number of rotatable bonds is 5. The fraction of sp³-hybridized carbons (Fsp3) is 0.500. The lowest BCUT2D eigenvalue weighted by atomic mass is 9.79. The van der Waals surface area contributed by atoms with E-state index in [4.69, 9.17) is 27.9 Å². The van der Waals surface area contributed by atoms with Crippen molar-refractivity contribution in [3.63, 3.8) is 0 Å². The number of hydrogen-bond acceptors (Lipinski definition) is 4. The molecule has 0 unspecified atom stereocenters. The first-order valence-corrected chi connectivity index (χ1v) is 15.2. The van der Waals surface area contributed by atoms with Gasteiger partial charge in [-0.2, -0.15) is 13.2 Å². The third kappa shape index (κ3) is 6.54. The summed E-state index contributed by atoms with van der Waals surface area (Å²) in [6.45, 7) is 9.73. The highest BCUT2D eigenvalue weighted by atomic mass is 35.5. The summed E-state index contributed by atoms with van der Waals surface area (Å²) in [5.41, 5.74) is 1.41. The summed E-state index contributed by atoms with van der Waals surface area (Å²) in [5.74, 6) is -0.409. The van der Waals surface area contributed by atoms with Crippen LogP contribution in [0.3, 0.4) is 0 Å². The first-order chi connectivity index (χ1) is 20.0. The number of alkyl halides is 3. The van der Waals surface area contributed by atoms with Gasteiger partial charge in [0, 0.05) is 67.3 Å². The number of carbonyl (C=O) groups is 2. The Morgan fingerprint density at radius 2 is 1.65 bits per heavy atom. The minimum Gasteiger partial charge on any atom is -0.460 e. The molecule has 1 amide bonds. The van der Waals surface area contributed by atoms with Crippen molar-refractivity contribution < 1.29 is 27.5 Å². The van der Waals surface area contributed by atoms with Gasteiger partial charge in [0.25, 0.3) is 5.91 Å². The minimum atomic E-state index is -4.45. The second-order valence-electron chi connectivity index (χ2n) is 12.7. The van der Waals surface area contributed by atoms with E-state index in [2.05, 4.69) is 4.90 Å². The fourth-order valence-electron chi connectivity index (χ4n) is 6.03. The van der Waals surface area contributed by atoms with Crippen LogP contribution in [-0.4, -0.2) is 64.1 Å². The van der Waals surface area contributed by atoms with Crippen LogP contribution in [0, 0.1) is 12.8 Å². The number of carbonyl (C=O) groups excluding carboxylic acids is 2. The molecule has 1 aliphatic heterocycles. The van der Waals surface area contributed by atoms with Crippen molar-refractivity contribution in [1.82, 2.24) is 14.4 Å². The van der Waals surface area contributed by atoms with Crippen molar-refractivity contribution in [2.45, 2.75) is 64.8 Å². The summed E-state index contributed by atoms with van der Waals surface area (Å²) in [6, 6.07) is 7.72. The van der Waals surface area contributed by atoms with Crippen LogP contribution in [0.25, 0.3) is 10.9 Å². The normalized spacial score (nSPS) is 19.9. The monoisotopic (exact) mass is 637 g/mol. The predicted octanol–water partition coefficient (Wildman–Crippen LogP) is 7.28. The Bertz CT molecular complexity index is 1560. The molecule has 0 spiro atoms. The van der Waals surface area contributed by atoms with E-state index < -0.39 is 17.3 Å². The number of benzene rings is 2. The van der Waals surface area contributed by atoms with Crippen LogP contribution in [0.5, 0.6) is 0 Å². The standard InChI is InChI=1S/C32H36Cl2F3N3O3/c1-18-12-20(32(35,36)37)15-27-24(18)16-21(38(27)5)17-25-26(33)7-6-23(28(25)34)29(41)40-10-8-39(9-11-40)22-13-19(14-22)30(42)43-31(2,3)4/h6-7,12,15-16,19,22H,8-11,13-14,17H2,1-5H3. The van der Waals surface area contributed by atoms with Crippen LogP contribution in [0.4, 0.5) is 13.2 Å². The van der Waals surface area contributed by atoms with E-state index in [9.17, 15) is 22.8 Å². The number of amides is 1. The molecule has 0 N–H and O–H groups in total. The molecule has 2 fully saturated rings. The quantitative estimate of drug-likeness (QED) is 0.276. The van der Waals surface area contributed by atoms with Gasteiger partial charge in [0.15, 0.2) is 0 Å². The van der Waals surface area contributed by atoms with Crippen LogP contribution in [0.15, 0.2) is 30.3 Å².